The van der Waals surface area contributed by atoms with Gasteiger partial charge in [-0.2, -0.15) is 4.98 Å². The van der Waals surface area contributed by atoms with Crippen molar-refractivity contribution in [3.63, 3.8) is 0 Å². The van der Waals surface area contributed by atoms with E-state index in [-0.39, 0.29) is 6.61 Å². The molecule has 14 heavy (non-hydrogen) atoms. The predicted octanol–water partition coefficient (Wildman–Crippen LogP) is 0.827. The number of aliphatic hydroxyl groups excluding tert-OH is 1. The lowest BCUT2D eigenvalue weighted by Crippen LogP contribution is -2.23. The van der Waals surface area contributed by atoms with Crippen LogP contribution >= 0.6 is 0 Å². The number of ether oxygens (including phenoxy) is 1. The molecular weight excluding hydrogens is 180 g/mol. The third-order valence-electron chi connectivity index (χ3n) is 2.05. The molecule has 1 aromatic heterocycles. The van der Waals surface area contributed by atoms with Gasteiger partial charge in [0.2, 0.25) is 5.88 Å². The highest BCUT2D eigenvalue weighted by Gasteiger charge is 2.06. The van der Waals surface area contributed by atoms with Crippen LogP contribution in [0.3, 0.4) is 0 Å². The number of aliphatic hydroxyl groups is 1. The molecule has 1 aromatic rings. The molecule has 0 unspecified atom stereocenters. The average molecular weight is 196 g/mol. The highest BCUT2D eigenvalue weighted by molar-refractivity contribution is 5.47. The molecular formula is C10H16N2O2. The van der Waals surface area contributed by atoms with Crippen molar-refractivity contribution in [3.8, 4) is 5.88 Å². The summed E-state index contributed by atoms with van der Waals surface area (Å²) < 4.78 is 5.04. The molecule has 0 aliphatic rings. The minimum Gasteiger partial charge on any atom is -0.481 e. The summed E-state index contributed by atoms with van der Waals surface area (Å²) in [5.74, 6) is 1.44. The van der Waals surface area contributed by atoms with Crippen LogP contribution in [0.15, 0.2) is 12.1 Å². The van der Waals surface area contributed by atoms with Crippen molar-refractivity contribution in [2.75, 3.05) is 32.2 Å². The number of likely N-dealkylation sites (N-methyl/N-ethyl adjacent to an activating group) is 1. The topological polar surface area (TPSA) is 45.6 Å². The fourth-order valence-corrected chi connectivity index (χ4v) is 1.26. The van der Waals surface area contributed by atoms with E-state index in [4.69, 9.17) is 9.84 Å². The molecule has 0 saturated carbocycles. The molecule has 4 heteroatoms. The second-order valence-corrected chi connectivity index (χ2v) is 3.14. The van der Waals surface area contributed by atoms with Crippen molar-refractivity contribution in [1.29, 1.82) is 0 Å². The van der Waals surface area contributed by atoms with Crippen molar-refractivity contribution >= 4 is 5.82 Å². The van der Waals surface area contributed by atoms with Gasteiger partial charge in [0.15, 0.2) is 0 Å². The number of rotatable bonds is 4. The van der Waals surface area contributed by atoms with Gasteiger partial charge >= 0.3 is 0 Å². The van der Waals surface area contributed by atoms with Gasteiger partial charge < -0.3 is 14.7 Å². The number of anilines is 1. The Morgan fingerprint density at radius 3 is 2.79 bits per heavy atom. The molecule has 1 N–H and O–H groups in total. The normalized spacial score (nSPS) is 10.0. The fraction of sp³-hybridized carbons (Fsp3) is 0.500. The maximum Gasteiger partial charge on any atom is 0.214 e. The highest BCUT2D eigenvalue weighted by Crippen LogP contribution is 2.19. The number of hydrogen-bond donors (Lipinski definition) is 1. The minimum absolute atomic E-state index is 0.120. The number of aryl methyl sites for hydroxylation is 1. The molecule has 0 saturated heterocycles. The molecule has 0 aliphatic carbocycles. The summed E-state index contributed by atoms with van der Waals surface area (Å²) in [4.78, 5) is 6.20. The molecule has 0 fully saturated rings. The molecule has 0 aromatic carbocycles. The zero-order valence-electron chi connectivity index (χ0n) is 8.82. The standard InChI is InChI=1S/C10H16N2O2/c1-8-4-5-9(14-3)11-10(8)12(2)6-7-13/h4-5,13H,6-7H2,1-3H3. The fourth-order valence-electron chi connectivity index (χ4n) is 1.26. The van der Waals surface area contributed by atoms with E-state index >= 15 is 0 Å². The van der Waals surface area contributed by atoms with Crippen molar-refractivity contribution in [2.45, 2.75) is 6.92 Å². The van der Waals surface area contributed by atoms with Gasteiger partial charge in [0.1, 0.15) is 5.82 Å². The molecule has 0 aliphatic heterocycles. The van der Waals surface area contributed by atoms with E-state index in [0.29, 0.717) is 12.4 Å². The third kappa shape index (κ3) is 2.35. The van der Waals surface area contributed by atoms with Crippen LogP contribution in [0.4, 0.5) is 5.82 Å². The summed E-state index contributed by atoms with van der Waals surface area (Å²) in [6.07, 6.45) is 0. The van der Waals surface area contributed by atoms with Gasteiger partial charge in [0, 0.05) is 19.7 Å². The molecule has 0 bridgehead atoms. The Labute approximate surface area is 84.1 Å². The van der Waals surface area contributed by atoms with Gasteiger partial charge in [-0.05, 0) is 12.5 Å². The molecule has 78 valence electrons. The first-order valence-electron chi connectivity index (χ1n) is 4.52. The Morgan fingerprint density at radius 2 is 2.21 bits per heavy atom. The summed E-state index contributed by atoms with van der Waals surface area (Å²) >= 11 is 0. The minimum atomic E-state index is 0.120. The lowest BCUT2D eigenvalue weighted by molar-refractivity contribution is 0.303. The Bertz CT molecular complexity index is 302. The number of hydrogen-bond acceptors (Lipinski definition) is 4. The van der Waals surface area contributed by atoms with Gasteiger partial charge in [-0.15, -0.1) is 0 Å². The van der Waals surface area contributed by atoms with E-state index in [0.717, 1.165) is 11.4 Å². The molecule has 0 radical (unpaired) electrons. The Balaban J connectivity index is 2.93. The van der Waals surface area contributed by atoms with E-state index in [1.54, 1.807) is 7.11 Å². The van der Waals surface area contributed by atoms with Gasteiger partial charge in [-0.25, -0.2) is 0 Å². The van der Waals surface area contributed by atoms with E-state index in [1.807, 2.05) is 31.0 Å². The summed E-state index contributed by atoms with van der Waals surface area (Å²) in [7, 11) is 3.48. The Kier molecular flexibility index (Phi) is 3.71. The van der Waals surface area contributed by atoms with Crippen molar-refractivity contribution in [2.24, 2.45) is 0 Å². The maximum absolute atomic E-state index is 8.81. The van der Waals surface area contributed by atoms with Crippen LogP contribution in [-0.2, 0) is 0 Å². The number of pyridine rings is 1. The van der Waals surface area contributed by atoms with Gasteiger partial charge in [-0.3, -0.25) is 0 Å². The van der Waals surface area contributed by atoms with E-state index in [9.17, 15) is 0 Å². The Morgan fingerprint density at radius 1 is 1.50 bits per heavy atom. The lowest BCUT2D eigenvalue weighted by atomic mass is 10.2. The molecule has 0 spiro atoms. The van der Waals surface area contributed by atoms with Gasteiger partial charge in [0.05, 0.1) is 13.7 Å². The van der Waals surface area contributed by atoms with E-state index in [2.05, 4.69) is 4.98 Å². The predicted molar refractivity (Wildman–Crippen MR) is 55.9 cm³/mol. The second-order valence-electron chi connectivity index (χ2n) is 3.14. The van der Waals surface area contributed by atoms with Crippen LogP contribution in [0, 0.1) is 6.92 Å². The molecule has 1 heterocycles. The quantitative estimate of drug-likeness (QED) is 0.774. The molecule has 0 amide bonds. The first-order valence-corrected chi connectivity index (χ1v) is 4.52. The number of methoxy groups -OCH3 is 1. The van der Waals surface area contributed by atoms with Crippen molar-refractivity contribution < 1.29 is 9.84 Å². The summed E-state index contributed by atoms with van der Waals surface area (Å²) in [6.45, 7) is 2.67. The van der Waals surface area contributed by atoms with Crippen molar-refractivity contribution in [1.82, 2.24) is 4.98 Å². The second kappa shape index (κ2) is 4.81. The van der Waals surface area contributed by atoms with E-state index in [1.165, 1.54) is 0 Å². The Hall–Kier alpha value is -1.29. The summed E-state index contributed by atoms with van der Waals surface area (Å²) in [5.41, 5.74) is 1.07. The van der Waals surface area contributed by atoms with Crippen LogP contribution in [0.5, 0.6) is 5.88 Å². The van der Waals surface area contributed by atoms with Crippen LogP contribution in [0.1, 0.15) is 5.56 Å². The number of aromatic nitrogens is 1. The molecule has 1 rings (SSSR count). The van der Waals surface area contributed by atoms with Crippen LogP contribution in [0.2, 0.25) is 0 Å². The third-order valence-corrected chi connectivity index (χ3v) is 2.05. The molecule has 0 atom stereocenters. The number of nitrogens with zero attached hydrogens (tertiary/aromatic N) is 2. The maximum atomic E-state index is 8.81. The highest BCUT2D eigenvalue weighted by atomic mass is 16.5. The molecule has 4 nitrogen and oxygen atoms in total. The lowest BCUT2D eigenvalue weighted by Gasteiger charge is -2.19. The van der Waals surface area contributed by atoms with Gasteiger partial charge in [0.25, 0.3) is 0 Å². The van der Waals surface area contributed by atoms with Gasteiger partial charge in [-0.1, -0.05) is 6.07 Å². The SMILES string of the molecule is COc1ccc(C)c(N(C)CCO)n1. The average Bonchev–Trinajstić information content (AvgIpc) is 2.19. The summed E-state index contributed by atoms with van der Waals surface area (Å²) in [5, 5.41) is 8.81. The zero-order valence-corrected chi connectivity index (χ0v) is 8.82. The summed E-state index contributed by atoms with van der Waals surface area (Å²) in [6, 6.07) is 3.78. The smallest absolute Gasteiger partial charge is 0.214 e. The monoisotopic (exact) mass is 196 g/mol. The van der Waals surface area contributed by atoms with E-state index < -0.39 is 0 Å². The van der Waals surface area contributed by atoms with Crippen LogP contribution < -0.4 is 9.64 Å². The van der Waals surface area contributed by atoms with Crippen LogP contribution in [-0.4, -0.2) is 37.4 Å². The largest absolute Gasteiger partial charge is 0.481 e. The van der Waals surface area contributed by atoms with Crippen LogP contribution in [0.25, 0.3) is 0 Å². The van der Waals surface area contributed by atoms with Crippen molar-refractivity contribution in [3.05, 3.63) is 17.7 Å². The first-order chi connectivity index (χ1) is 6.69. The zero-order chi connectivity index (χ0) is 10.6. The first kappa shape index (κ1) is 10.8.